The zero-order valence-corrected chi connectivity index (χ0v) is 16.5. The highest BCUT2D eigenvalue weighted by Crippen LogP contribution is 2.26. The van der Waals surface area contributed by atoms with Gasteiger partial charge in [0.25, 0.3) is 0 Å². The third-order valence-electron chi connectivity index (χ3n) is 5.44. The topological polar surface area (TPSA) is 84.5 Å². The number of carbonyl (C=O) groups is 1. The van der Waals surface area contributed by atoms with Crippen LogP contribution in [0.15, 0.2) is 35.4 Å². The lowest BCUT2D eigenvalue weighted by Gasteiger charge is -2.31. The average molecular weight is 416 g/mol. The van der Waals surface area contributed by atoms with Crippen molar-refractivity contribution in [3.05, 3.63) is 52.7 Å². The summed E-state index contributed by atoms with van der Waals surface area (Å²) in [5.41, 5.74) is -0.311. The Kier molecular flexibility index (Phi) is 5.47. The van der Waals surface area contributed by atoms with Gasteiger partial charge < -0.3 is 10.2 Å². The second kappa shape index (κ2) is 8.21. The summed E-state index contributed by atoms with van der Waals surface area (Å²) in [6.45, 7) is -0.413. The summed E-state index contributed by atoms with van der Waals surface area (Å²) in [4.78, 5) is 31.4. The maximum Gasteiger partial charge on any atom is 0.350 e. The first kappa shape index (κ1) is 20.0. The Hall–Kier alpha value is -3.30. The van der Waals surface area contributed by atoms with E-state index in [0.29, 0.717) is 23.6 Å². The van der Waals surface area contributed by atoms with Crippen molar-refractivity contribution in [2.24, 2.45) is 0 Å². The van der Waals surface area contributed by atoms with E-state index in [0.717, 1.165) is 42.5 Å². The zero-order valence-electron chi connectivity index (χ0n) is 16.5. The molecule has 2 heterocycles. The fraction of sp³-hybridized carbons (Fsp3) is 0.400. The Morgan fingerprint density at radius 1 is 1.27 bits per heavy atom. The number of aromatic nitrogens is 4. The van der Waals surface area contributed by atoms with Crippen LogP contribution in [-0.2, 0) is 11.3 Å². The minimum Gasteiger partial charge on any atom is -0.354 e. The van der Waals surface area contributed by atoms with E-state index >= 15 is 0 Å². The van der Waals surface area contributed by atoms with Gasteiger partial charge in [-0.1, -0.05) is 19.3 Å². The van der Waals surface area contributed by atoms with Gasteiger partial charge in [-0.25, -0.2) is 27.6 Å². The van der Waals surface area contributed by atoms with Gasteiger partial charge in [0, 0.05) is 31.5 Å². The normalized spacial score (nSPS) is 14.8. The molecule has 10 heteroatoms. The number of benzene rings is 1. The molecule has 0 atom stereocenters. The number of carbonyl (C=O) groups excluding carboxylic acids is 1. The number of rotatable bonds is 5. The quantitative estimate of drug-likeness (QED) is 0.691. The summed E-state index contributed by atoms with van der Waals surface area (Å²) in [6.07, 6.45) is 8.66. The van der Waals surface area contributed by atoms with Crippen LogP contribution < -0.4 is 15.9 Å². The Balaban J connectivity index is 1.58. The van der Waals surface area contributed by atoms with Crippen LogP contribution in [-0.4, -0.2) is 38.2 Å². The van der Waals surface area contributed by atoms with Gasteiger partial charge in [-0.3, -0.25) is 4.79 Å². The summed E-state index contributed by atoms with van der Waals surface area (Å²) in [5.74, 6) is -1.72. The average Bonchev–Trinajstić information content (AvgIpc) is 3.06. The smallest absolute Gasteiger partial charge is 0.350 e. The van der Waals surface area contributed by atoms with Gasteiger partial charge in [-0.15, -0.1) is 5.10 Å². The second-order valence-corrected chi connectivity index (χ2v) is 7.46. The van der Waals surface area contributed by atoms with Gasteiger partial charge in [0.1, 0.15) is 18.2 Å². The fourth-order valence-corrected chi connectivity index (χ4v) is 3.85. The summed E-state index contributed by atoms with van der Waals surface area (Å²) in [6, 6.07) is 3.15. The third kappa shape index (κ3) is 3.89. The Morgan fingerprint density at radius 2 is 2.03 bits per heavy atom. The monoisotopic (exact) mass is 416 g/mol. The van der Waals surface area contributed by atoms with Crippen molar-refractivity contribution in [3.63, 3.8) is 0 Å². The van der Waals surface area contributed by atoms with Gasteiger partial charge in [-0.05, 0) is 25.0 Å². The molecule has 4 rings (SSSR count). The minimum absolute atomic E-state index is 0.169. The molecule has 0 aliphatic heterocycles. The van der Waals surface area contributed by atoms with E-state index in [2.05, 4.69) is 15.4 Å². The van der Waals surface area contributed by atoms with Crippen LogP contribution in [0.4, 0.5) is 20.3 Å². The number of hydrogen-bond donors (Lipinski definition) is 1. The molecule has 1 amide bonds. The van der Waals surface area contributed by atoms with Crippen molar-refractivity contribution in [1.82, 2.24) is 19.2 Å². The Labute approximate surface area is 171 Å². The molecule has 1 aliphatic carbocycles. The molecule has 30 heavy (non-hydrogen) atoms. The number of hydrogen-bond acceptors (Lipinski definition) is 5. The van der Waals surface area contributed by atoms with E-state index < -0.39 is 29.8 Å². The highest BCUT2D eigenvalue weighted by Gasteiger charge is 2.23. The van der Waals surface area contributed by atoms with Crippen molar-refractivity contribution in [3.8, 4) is 0 Å². The molecule has 1 saturated carbocycles. The summed E-state index contributed by atoms with van der Waals surface area (Å²) < 4.78 is 29.1. The molecule has 3 aromatic rings. The Bertz CT molecular complexity index is 1140. The fourth-order valence-electron chi connectivity index (χ4n) is 3.85. The van der Waals surface area contributed by atoms with Crippen molar-refractivity contribution in [2.45, 2.75) is 44.7 Å². The van der Waals surface area contributed by atoms with Gasteiger partial charge in [0.05, 0.1) is 5.69 Å². The molecule has 1 aromatic carbocycles. The van der Waals surface area contributed by atoms with Gasteiger partial charge in [0.2, 0.25) is 11.6 Å². The van der Waals surface area contributed by atoms with Gasteiger partial charge >= 0.3 is 5.69 Å². The molecule has 0 unspecified atom stereocenters. The first-order valence-corrected chi connectivity index (χ1v) is 9.86. The van der Waals surface area contributed by atoms with Crippen LogP contribution in [0.2, 0.25) is 0 Å². The maximum atomic E-state index is 13.8. The van der Waals surface area contributed by atoms with E-state index in [-0.39, 0.29) is 5.69 Å². The van der Waals surface area contributed by atoms with E-state index in [4.69, 9.17) is 0 Å². The summed E-state index contributed by atoms with van der Waals surface area (Å²) in [7, 11) is 1.94. The van der Waals surface area contributed by atoms with Crippen LogP contribution in [0.3, 0.4) is 0 Å². The molecule has 0 saturated heterocycles. The number of amides is 1. The third-order valence-corrected chi connectivity index (χ3v) is 5.44. The maximum absolute atomic E-state index is 13.8. The molecule has 1 fully saturated rings. The van der Waals surface area contributed by atoms with Gasteiger partial charge in [0.15, 0.2) is 5.82 Å². The molecular formula is C20H22F2N6O2. The van der Waals surface area contributed by atoms with Crippen LogP contribution in [0.1, 0.15) is 32.1 Å². The largest absolute Gasteiger partial charge is 0.354 e. The van der Waals surface area contributed by atoms with E-state index in [1.54, 1.807) is 0 Å². The molecule has 1 N–H and O–H groups in total. The van der Waals surface area contributed by atoms with Crippen molar-refractivity contribution >= 4 is 23.1 Å². The van der Waals surface area contributed by atoms with Crippen LogP contribution in [0.5, 0.6) is 0 Å². The summed E-state index contributed by atoms with van der Waals surface area (Å²) in [5, 5.41) is 6.63. The number of halogens is 2. The van der Waals surface area contributed by atoms with Crippen molar-refractivity contribution in [1.29, 1.82) is 0 Å². The number of anilines is 2. The van der Waals surface area contributed by atoms with E-state index in [1.807, 2.05) is 11.9 Å². The predicted molar refractivity (Wildman–Crippen MR) is 108 cm³/mol. The number of nitrogens with zero attached hydrogens (tertiary/aromatic N) is 5. The van der Waals surface area contributed by atoms with Crippen molar-refractivity contribution < 1.29 is 13.6 Å². The molecule has 0 bridgehead atoms. The predicted octanol–water partition coefficient (Wildman–Crippen LogP) is 2.58. The van der Waals surface area contributed by atoms with Crippen LogP contribution in [0, 0.1) is 11.6 Å². The first-order valence-electron chi connectivity index (χ1n) is 9.86. The molecule has 0 radical (unpaired) electrons. The lowest BCUT2D eigenvalue weighted by Crippen LogP contribution is -2.34. The standard InChI is InChI=1S/C20H22F2N6O2/c1-26(14-5-3-2-4-6-14)18-19-25-28(20(30)27(19)10-9-23-18)12-17(29)24-16-8-7-13(21)11-15(16)22/h7-11,14H,2-6,12H2,1H3,(H,24,29). The molecule has 8 nitrogen and oxygen atoms in total. The lowest BCUT2D eigenvalue weighted by molar-refractivity contribution is -0.117. The number of nitrogens with one attached hydrogen (secondary N) is 1. The molecular weight excluding hydrogens is 394 g/mol. The number of fused-ring (bicyclic) bond motifs is 1. The van der Waals surface area contributed by atoms with Crippen LogP contribution in [0.25, 0.3) is 5.65 Å². The first-order chi connectivity index (χ1) is 14.4. The molecule has 0 spiro atoms. The molecule has 1 aliphatic rings. The summed E-state index contributed by atoms with van der Waals surface area (Å²) >= 11 is 0. The van der Waals surface area contributed by atoms with Crippen molar-refractivity contribution in [2.75, 3.05) is 17.3 Å². The SMILES string of the molecule is CN(c1nccn2c(=O)n(CC(=O)Nc3ccc(F)cc3F)nc12)C1CCCCC1. The van der Waals surface area contributed by atoms with Crippen LogP contribution >= 0.6 is 0 Å². The minimum atomic E-state index is -0.897. The molecule has 158 valence electrons. The lowest BCUT2D eigenvalue weighted by atomic mass is 9.94. The highest BCUT2D eigenvalue weighted by molar-refractivity contribution is 5.90. The molecule has 2 aromatic heterocycles. The van der Waals surface area contributed by atoms with E-state index in [9.17, 15) is 18.4 Å². The highest BCUT2D eigenvalue weighted by atomic mass is 19.1. The Morgan fingerprint density at radius 3 is 2.77 bits per heavy atom. The second-order valence-electron chi connectivity index (χ2n) is 7.46. The zero-order chi connectivity index (χ0) is 21.3. The van der Waals surface area contributed by atoms with E-state index in [1.165, 1.54) is 23.2 Å². The van der Waals surface area contributed by atoms with Gasteiger partial charge in [-0.2, -0.15) is 0 Å².